The van der Waals surface area contributed by atoms with Gasteiger partial charge < -0.3 is 60.5 Å². The van der Waals surface area contributed by atoms with Gasteiger partial charge in [-0.05, 0) is 115 Å². The third kappa shape index (κ3) is 23.2. The lowest BCUT2D eigenvalue weighted by Gasteiger charge is -2.36. The van der Waals surface area contributed by atoms with Crippen molar-refractivity contribution < 1.29 is 83.7 Å². The molecule has 13 rings (SSSR count). The third-order valence-electron chi connectivity index (χ3n) is 20.3. The molecule has 4 aliphatic rings. The zero-order valence-electron chi connectivity index (χ0n) is 66.3. The second-order valence-electron chi connectivity index (χ2n) is 28.1. The first kappa shape index (κ1) is 90.1. The van der Waals surface area contributed by atoms with Crippen LogP contribution in [0.25, 0.3) is 10.8 Å². The number of rotatable bonds is 18. The number of piperazine rings is 4. The first-order valence-corrected chi connectivity index (χ1v) is 38.4. The van der Waals surface area contributed by atoms with Gasteiger partial charge in [0.15, 0.2) is 5.78 Å². The van der Waals surface area contributed by atoms with Gasteiger partial charge in [-0.25, -0.2) is 41.1 Å². The van der Waals surface area contributed by atoms with Crippen molar-refractivity contribution in [2.24, 2.45) is 0 Å². The molecular weight excluding hydrogens is 1620 g/mol. The molecule has 4 heterocycles. The number of hydrogen-bond donors (Lipinski definition) is 12. The number of nitro groups is 4. The predicted octanol–water partition coefficient (Wildman–Crippen LogP) is 11.4. The number of anilines is 8. The largest absolute Gasteiger partial charge is 0.367 e. The van der Waals surface area contributed by atoms with E-state index in [1.165, 1.54) is 77.4 Å². The SMILES string of the molecule is CC(=O)c1ccc(NC(=O)N2CCN(c3ccc([N+](=O)[O-])cc3C(=O)NO)CC2)cc1.CC(C)c1ccccc1NC(=O)N1CCN(c2ccc(C(=O)NO)cc2[N+](=O)[O-])CC1.O=C(NO)c1cc([N+](=O)[O-])ccc1N1CCN(C(=O)Nc2cccc(Cl)c2)CC1.O=C(NO)c1ccc(N2CCN(C(=O)Nc3cccc4ccccc34)CC2)c([N+](=O)[O-])c1. The average Bonchev–Trinajstić information content (AvgIpc) is 0.800. The summed E-state index contributed by atoms with van der Waals surface area (Å²) in [5.74, 6) is -3.13. The van der Waals surface area contributed by atoms with Crippen LogP contribution in [-0.4, -0.2) is 218 Å². The Labute approximate surface area is 705 Å². The van der Waals surface area contributed by atoms with Crippen molar-refractivity contribution >= 4 is 144 Å². The number of fused-ring (bicyclic) bond motifs is 1. The molecule has 0 spiro atoms. The molecule has 12 N–H and O–H groups in total. The monoisotopic (exact) mass is 1710 g/mol. The lowest BCUT2D eigenvalue weighted by atomic mass is 10.0. The molecule has 642 valence electrons. The van der Waals surface area contributed by atoms with Crippen molar-refractivity contribution in [3.8, 4) is 0 Å². The van der Waals surface area contributed by atoms with Crippen LogP contribution in [0.15, 0.2) is 188 Å². The zero-order valence-corrected chi connectivity index (χ0v) is 67.0. The maximum Gasteiger partial charge on any atom is 0.321 e. The molecule has 41 nitrogen and oxygen atoms in total. The molecule has 0 atom stereocenters. The number of hydroxylamine groups is 4. The number of carbonyl (C=O) groups excluding carboxylic acids is 9. The van der Waals surface area contributed by atoms with E-state index in [1.54, 1.807) is 73.0 Å². The van der Waals surface area contributed by atoms with Crippen LogP contribution >= 0.6 is 11.6 Å². The zero-order chi connectivity index (χ0) is 88.7. The molecule has 0 bridgehead atoms. The molecule has 4 aliphatic heterocycles. The number of nitro benzene ring substituents is 4. The molecule has 0 saturated carbocycles. The Kier molecular flexibility index (Phi) is 30.7. The summed E-state index contributed by atoms with van der Waals surface area (Å²) in [6.07, 6.45) is 0. The van der Waals surface area contributed by atoms with Gasteiger partial charge in [-0.3, -0.25) is 85.3 Å². The fourth-order valence-corrected chi connectivity index (χ4v) is 14.0. The van der Waals surface area contributed by atoms with Gasteiger partial charge in [0.25, 0.3) is 46.4 Å². The summed E-state index contributed by atoms with van der Waals surface area (Å²) >= 11 is 5.92. The van der Waals surface area contributed by atoms with Crippen molar-refractivity contribution in [1.82, 2.24) is 41.5 Å². The van der Waals surface area contributed by atoms with Crippen molar-refractivity contribution in [3.05, 3.63) is 267 Å². The molecule has 4 saturated heterocycles. The van der Waals surface area contributed by atoms with Crippen LogP contribution in [0.1, 0.15) is 84.0 Å². The number of carbonyl (C=O) groups is 9. The van der Waals surface area contributed by atoms with Crippen LogP contribution in [0.5, 0.6) is 0 Å². The number of non-ortho nitro benzene ring substituents is 2. The van der Waals surface area contributed by atoms with E-state index in [2.05, 4.69) is 35.1 Å². The van der Waals surface area contributed by atoms with Crippen LogP contribution in [0.3, 0.4) is 0 Å². The van der Waals surface area contributed by atoms with Gasteiger partial charge in [0.2, 0.25) is 0 Å². The van der Waals surface area contributed by atoms with Crippen LogP contribution in [0, 0.1) is 40.5 Å². The highest BCUT2D eigenvalue weighted by atomic mass is 35.5. The molecule has 123 heavy (non-hydrogen) atoms. The Hall–Kier alpha value is -15.2. The number of nitrogens with zero attached hydrogens (tertiary/aromatic N) is 12. The molecule has 0 aromatic heterocycles. The summed E-state index contributed by atoms with van der Waals surface area (Å²) < 4.78 is 0. The van der Waals surface area contributed by atoms with E-state index < -0.39 is 43.3 Å². The lowest BCUT2D eigenvalue weighted by Crippen LogP contribution is -2.50. The predicted molar refractivity (Wildman–Crippen MR) is 453 cm³/mol. The van der Waals surface area contributed by atoms with E-state index in [-0.39, 0.29) is 80.8 Å². The van der Waals surface area contributed by atoms with E-state index in [0.29, 0.717) is 149 Å². The molecule has 0 aliphatic carbocycles. The summed E-state index contributed by atoms with van der Waals surface area (Å²) in [6.45, 7) is 11.8. The highest BCUT2D eigenvalue weighted by molar-refractivity contribution is 6.31. The fourth-order valence-electron chi connectivity index (χ4n) is 13.8. The topological polar surface area (TPSA) is 529 Å². The van der Waals surface area contributed by atoms with E-state index in [4.69, 9.17) is 32.4 Å². The second kappa shape index (κ2) is 42.0. The van der Waals surface area contributed by atoms with E-state index in [0.717, 1.165) is 52.0 Å². The van der Waals surface area contributed by atoms with Gasteiger partial charge in [0.05, 0.1) is 47.9 Å². The van der Waals surface area contributed by atoms with Crippen molar-refractivity contribution in [3.63, 3.8) is 0 Å². The maximum atomic E-state index is 12.8. The second-order valence-corrected chi connectivity index (χ2v) is 28.6. The molecule has 12 amide bonds. The first-order valence-electron chi connectivity index (χ1n) is 38.1. The van der Waals surface area contributed by atoms with Crippen LogP contribution in [0.2, 0.25) is 5.02 Å². The van der Waals surface area contributed by atoms with Gasteiger partial charge in [0, 0.05) is 185 Å². The quantitative estimate of drug-likeness (QED) is 0.0164. The molecule has 9 aromatic carbocycles. The highest BCUT2D eigenvalue weighted by Gasteiger charge is 2.33. The van der Waals surface area contributed by atoms with Crippen molar-refractivity contribution in [2.75, 3.05) is 146 Å². The summed E-state index contributed by atoms with van der Waals surface area (Å²) in [7, 11) is 0. The number of ketones is 1. The van der Waals surface area contributed by atoms with Crippen LogP contribution in [0.4, 0.5) is 87.4 Å². The van der Waals surface area contributed by atoms with Gasteiger partial charge >= 0.3 is 24.1 Å². The van der Waals surface area contributed by atoms with Gasteiger partial charge in [-0.15, -0.1) is 0 Å². The maximum absolute atomic E-state index is 12.8. The first-order chi connectivity index (χ1) is 59.0. The average molecular weight is 1710 g/mol. The fraction of sp³-hybridized carbons (Fsp3) is 0.247. The number of nitrogens with one attached hydrogen (secondary N) is 8. The van der Waals surface area contributed by atoms with E-state index in [9.17, 15) is 83.6 Å². The molecular formula is C81H85ClN20O21. The van der Waals surface area contributed by atoms with Gasteiger partial charge in [-0.1, -0.05) is 86.1 Å². The summed E-state index contributed by atoms with van der Waals surface area (Å²) in [5, 5.41) is 94.4. The van der Waals surface area contributed by atoms with E-state index in [1.807, 2.05) is 81.4 Å². The minimum absolute atomic E-state index is 0.0141. The number of halogens is 1. The Balaban J connectivity index is 0.000000172. The van der Waals surface area contributed by atoms with Gasteiger partial charge in [-0.2, -0.15) is 0 Å². The summed E-state index contributed by atoms with van der Waals surface area (Å²) in [4.78, 5) is 165. The summed E-state index contributed by atoms with van der Waals surface area (Å²) in [5.41, 5.74) is 10.7. The molecule has 0 unspecified atom stereocenters. The Morgan fingerprint density at radius 3 is 1.12 bits per heavy atom. The highest BCUT2D eigenvalue weighted by Crippen LogP contribution is 2.35. The Bertz CT molecular complexity index is 5460. The molecule has 4 fully saturated rings. The van der Waals surface area contributed by atoms with Crippen molar-refractivity contribution in [1.29, 1.82) is 0 Å². The standard InChI is InChI=1S/C22H21N5O5.C21H25N5O5.C20H21N5O6.C18H18ClN5O5/c28-21(24-30)16-8-9-19(20(14-16)27(31)32)25-10-12-26(13-11-25)22(29)23-18-7-3-5-15-4-1-2-6-17(15)18;1-14(2)16-5-3-4-6-17(16)22-21(28)25-11-9-24(10-12-25)18-8-7-15(20(27)23-29)13-19(18)26(30)31;1-13(26)14-2-4-15(5-3-14)21-20(28)24-10-8-23(9-11-24)18-7-6-16(25(30)31)12-17(18)19(27)22-29;19-12-2-1-3-13(10-12)20-18(26)23-8-6-22(7-9-23)16-5-4-14(24(28)29)11-15(16)17(25)21-27/h1-9,14,30H,10-13H2,(H,23,29)(H,24,28);3-8,13-14,29H,9-12H2,1-2H3,(H,22,28)(H,23,27);2-7,12,29H,8-11H2,1H3,(H,21,28)(H,22,27);1-5,10-11,27H,6-9H2,(H,20,26)(H,21,25). The third-order valence-corrected chi connectivity index (χ3v) is 20.5. The van der Waals surface area contributed by atoms with Gasteiger partial charge in [0.1, 0.15) is 11.4 Å². The lowest BCUT2D eigenvalue weighted by molar-refractivity contribution is -0.385. The van der Waals surface area contributed by atoms with Crippen LogP contribution < -0.4 is 62.8 Å². The summed E-state index contributed by atoms with van der Waals surface area (Å²) in [6, 6.07) is 49.3. The number of amides is 12. The normalized spacial score (nSPS) is 13.7. The smallest absolute Gasteiger partial charge is 0.321 e. The van der Waals surface area contributed by atoms with Crippen LogP contribution in [-0.2, 0) is 0 Å². The minimum Gasteiger partial charge on any atom is -0.367 e. The number of para-hydroxylation sites is 1. The number of benzene rings is 9. The molecule has 42 heteroatoms. The molecule has 9 aromatic rings. The minimum atomic E-state index is -0.854. The number of urea groups is 4. The van der Waals surface area contributed by atoms with E-state index >= 15 is 0 Å². The number of hydrogen-bond acceptors (Lipinski definition) is 25. The Morgan fingerprint density at radius 2 is 0.715 bits per heavy atom. The molecule has 0 radical (unpaired) electrons. The number of Topliss-reactive ketones (excluding diaryl/α,β-unsaturated/α-hetero) is 1. The Morgan fingerprint density at radius 1 is 0.358 bits per heavy atom. The van der Waals surface area contributed by atoms with Crippen molar-refractivity contribution in [2.45, 2.75) is 26.7 Å².